The first-order valence-electron chi connectivity index (χ1n) is 12.9. The van der Waals surface area contributed by atoms with Gasteiger partial charge < -0.3 is 0 Å². The van der Waals surface area contributed by atoms with Crippen LogP contribution in [0.15, 0.2) is 89.6 Å². The number of hydrogen-bond acceptors (Lipinski definition) is 5. The molecular weight excluding hydrogens is 515 g/mol. The maximum Gasteiger partial charge on any atom is 0.243 e. The predicted molar refractivity (Wildman–Crippen MR) is 145 cm³/mol. The first kappa shape index (κ1) is 25.3. The van der Waals surface area contributed by atoms with Gasteiger partial charge in [0, 0.05) is 19.3 Å². The second-order valence-corrected chi connectivity index (χ2v) is 11.9. The number of Topliss-reactive ketones (excluding diaryl/α,β-unsaturated/α-hetero) is 1. The molecule has 6 rings (SSSR count). The van der Waals surface area contributed by atoms with Crippen LogP contribution in [0.3, 0.4) is 0 Å². The summed E-state index contributed by atoms with van der Waals surface area (Å²) in [6.45, 7) is 2.28. The third kappa shape index (κ3) is 4.31. The maximum absolute atomic E-state index is 14.2. The van der Waals surface area contributed by atoms with Gasteiger partial charge in [-0.25, -0.2) is 17.5 Å². The molecule has 1 saturated heterocycles. The molecule has 1 aliphatic carbocycles. The van der Waals surface area contributed by atoms with Crippen molar-refractivity contribution in [2.45, 2.75) is 31.1 Å². The second-order valence-electron chi connectivity index (χ2n) is 10.0. The molecule has 2 aliphatic rings. The molecule has 0 bridgehead atoms. The van der Waals surface area contributed by atoms with Crippen LogP contribution in [-0.2, 0) is 22.9 Å². The fourth-order valence-corrected chi connectivity index (χ4v) is 7.10. The highest BCUT2D eigenvalue weighted by molar-refractivity contribution is 7.89. The van der Waals surface area contributed by atoms with E-state index >= 15 is 0 Å². The number of carbonyl (C=O) groups is 1. The van der Waals surface area contributed by atoms with E-state index in [2.05, 4.69) is 10.1 Å². The van der Waals surface area contributed by atoms with Crippen LogP contribution < -0.4 is 0 Å². The van der Waals surface area contributed by atoms with Gasteiger partial charge in [0.25, 0.3) is 0 Å². The first-order valence-corrected chi connectivity index (χ1v) is 14.3. The van der Waals surface area contributed by atoms with E-state index in [0.717, 1.165) is 28.8 Å². The van der Waals surface area contributed by atoms with Gasteiger partial charge in [0.15, 0.2) is 5.78 Å². The topological polar surface area (TPSA) is 85.2 Å². The van der Waals surface area contributed by atoms with E-state index in [9.17, 15) is 17.6 Å². The summed E-state index contributed by atoms with van der Waals surface area (Å²) in [6, 6.07) is 18.2. The van der Waals surface area contributed by atoms with E-state index in [-0.39, 0.29) is 36.0 Å². The van der Waals surface area contributed by atoms with E-state index in [1.807, 2.05) is 25.1 Å². The van der Waals surface area contributed by atoms with Gasteiger partial charge in [0.05, 0.1) is 27.9 Å². The Morgan fingerprint density at radius 2 is 1.82 bits per heavy atom. The Labute approximate surface area is 226 Å². The minimum absolute atomic E-state index is 0.00721. The Kier molecular flexibility index (Phi) is 6.28. The smallest absolute Gasteiger partial charge is 0.243 e. The number of nitrogens with zero attached hydrogens (tertiary/aromatic N) is 4. The third-order valence-electron chi connectivity index (χ3n) is 7.75. The maximum atomic E-state index is 14.2. The first-order chi connectivity index (χ1) is 18.8. The number of pyridine rings is 1. The molecule has 7 nitrogen and oxygen atoms in total. The zero-order valence-electron chi connectivity index (χ0n) is 21.4. The molecule has 3 heterocycles. The lowest BCUT2D eigenvalue weighted by molar-refractivity contribution is 0.0770. The molecule has 4 aromatic rings. The number of piperidine rings is 1. The van der Waals surface area contributed by atoms with Crippen molar-refractivity contribution in [2.24, 2.45) is 5.41 Å². The molecule has 1 aliphatic heterocycles. The molecule has 0 saturated carbocycles. The molecular formula is C30H27FN4O3S. The summed E-state index contributed by atoms with van der Waals surface area (Å²) in [6.07, 6.45) is 6.71. The summed E-state index contributed by atoms with van der Waals surface area (Å²) in [7, 11) is -3.83. The van der Waals surface area contributed by atoms with Crippen LogP contribution in [0.4, 0.5) is 4.39 Å². The number of carbonyl (C=O) groups excluding carboxylic acids is 1. The van der Waals surface area contributed by atoms with E-state index in [1.54, 1.807) is 59.5 Å². The van der Waals surface area contributed by atoms with Gasteiger partial charge >= 0.3 is 0 Å². The van der Waals surface area contributed by atoms with Gasteiger partial charge in [0.1, 0.15) is 11.5 Å². The molecule has 1 atom stereocenters. The van der Waals surface area contributed by atoms with Crippen molar-refractivity contribution in [3.8, 4) is 5.69 Å². The van der Waals surface area contributed by atoms with Gasteiger partial charge in [0.2, 0.25) is 10.0 Å². The zero-order valence-corrected chi connectivity index (χ0v) is 22.2. The average Bonchev–Trinajstić information content (AvgIpc) is 3.38. The monoisotopic (exact) mass is 542 g/mol. The number of benzene rings is 2. The minimum Gasteiger partial charge on any atom is -0.291 e. The fraction of sp³-hybridized carbons (Fsp3) is 0.233. The van der Waals surface area contributed by atoms with Crippen LogP contribution in [-0.4, -0.2) is 46.4 Å². The van der Waals surface area contributed by atoms with Crippen molar-refractivity contribution < 1.29 is 17.6 Å². The van der Waals surface area contributed by atoms with E-state index < -0.39 is 15.4 Å². The molecule has 1 unspecified atom stereocenters. The highest BCUT2D eigenvalue weighted by atomic mass is 32.2. The predicted octanol–water partition coefficient (Wildman–Crippen LogP) is 4.87. The molecule has 39 heavy (non-hydrogen) atoms. The highest BCUT2D eigenvalue weighted by Crippen LogP contribution is 2.47. The molecule has 1 fully saturated rings. The van der Waals surface area contributed by atoms with Crippen molar-refractivity contribution in [2.75, 3.05) is 13.1 Å². The summed E-state index contributed by atoms with van der Waals surface area (Å²) in [5, 5.41) is 4.54. The largest absolute Gasteiger partial charge is 0.291 e. The lowest BCUT2D eigenvalue weighted by Crippen LogP contribution is -2.53. The number of fused-ring (bicyclic) bond motifs is 2. The van der Waals surface area contributed by atoms with Crippen LogP contribution in [0.5, 0.6) is 0 Å². The molecule has 0 spiro atoms. The van der Waals surface area contributed by atoms with E-state index in [4.69, 9.17) is 0 Å². The molecule has 2 aromatic heterocycles. The standard InChI is InChI=1S/C30H27FN4O3S/c1-2-21-6-12-26(13-7-21)39(37,38)34-16-14-23-17-28-22(19-33-35(28)25-10-8-24(31)9-11-25)18-30(23,20-34)29(36)27-5-3-4-15-32-27/h3-13,15,17,19H,2,14,16,18,20H2,1H3. The third-order valence-corrected chi connectivity index (χ3v) is 9.61. The van der Waals surface area contributed by atoms with Crippen molar-refractivity contribution in [1.82, 2.24) is 19.1 Å². The SMILES string of the molecule is CCc1ccc(S(=O)(=O)N2CCC3=Cc4c(cnn4-c4ccc(F)cc4)CC3(C(=O)c3ccccn3)C2)cc1. The van der Waals surface area contributed by atoms with Gasteiger partial charge in [-0.2, -0.15) is 9.40 Å². The van der Waals surface area contributed by atoms with Crippen molar-refractivity contribution in [3.05, 3.63) is 113 Å². The number of aryl methyl sites for hydroxylation is 1. The number of sulfonamides is 1. The Bertz CT molecular complexity index is 1680. The highest BCUT2D eigenvalue weighted by Gasteiger charge is 2.51. The molecule has 0 amide bonds. The van der Waals surface area contributed by atoms with Gasteiger partial charge in [-0.15, -0.1) is 0 Å². The Morgan fingerprint density at radius 1 is 1.05 bits per heavy atom. The summed E-state index contributed by atoms with van der Waals surface area (Å²) in [5.41, 5.74) is 3.41. The van der Waals surface area contributed by atoms with Gasteiger partial charge in [-0.3, -0.25) is 9.78 Å². The van der Waals surface area contributed by atoms with Crippen LogP contribution in [0.1, 0.15) is 40.7 Å². The van der Waals surface area contributed by atoms with Crippen LogP contribution >= 0.6 is 0 Å². The minimum atomic E-state index is -3.83. The van der Waals surface area contributed by atoms with Crippen molar-refractivity contribution in [1.29, 1.82) is 0 Å². The van der Waals surface area contributed by atoms with Gasteiger partial charge in [-0.05, 0) is 85.0 Å². The van der Waals surface area contributed by atoms with Crippen LogP contribution in [0, 0.1) is 11.2 Å². The molecule has 2 aromatic carbocycles. The van der Waals surface area contributed by atoms with Crippen LogP contribution in [0.2, 0.25) is 0 Å². The summed E-state index contributed by atoms with van der Waals surface area (Å²) in [4.78, 5) is 18.7. The number of rotatable bonds is 6. The number of halogens is 1. The lowest BCUT2D eigenvalue weighted by Gasteiger charge is -2.44. The number of hydrogen-bond donors (Lipinski definition) is 0. The molecule has 198 valence electrons. The normalized spacial score (nSPS) is 19.2. The fourth-order valence-electron chi connectivity index (χ4n) is 5.60. The van der Waals surface area contributed by atoms with Crippen LogP contribution in [0.25, 0.3) is 11.8 Å². The second kappa shape index (κ2) is 9.66. The Morgan fingerprint density at radius 3 is 2.51 bits per heavy atom. The van der Waals surface area contributed by atoms with Crippen molar-refractivity contribution >= 4 is 21.9 Å². The zero-order chi connectivity index (χ0) is 27.2. The Hall–Kier alpha value is -3.95. The van der Waals surface area contributed by atoms with Crippen molar-refractivity contribution in [3.63, 3.8) is 0 Å². The summed E-state index contributed by atoms with van der Waals surface area (Å²) < 4.78 is 44.2. The number of ketones is 1. The summed E-state index contributed by atoms with van der Waals surface area (Å²) >= 11 is 0. The summed E-state index contributed by atoms with van der Waals surface area (Å²) in [5.74, 6) is -0.549. The molecule has 9 heteroatoms. The number of aromatic nitrogens is 3. The lowest BCUT2D eigenvalue weighted by atomic mass is 9.65. The van der Waals surface area contributed by atoms with Gasteiger partial charge in [-0.1, -0.05) is 30.7 Å². The van der Waals surface area contributed by atoms with E-state index in [0.29, 0.717) is 17.8 Å². The quantitative estimate of drug-likeness (QED) is 0.325. The van der Waals surface area contributed by atoms with E-state index in [1.165, 1.54) is 16.4 Å². The Balaban J connectivity index is 1.43. The molecule has 0 N–H and O–H groups in total. The average molecular weight is 543 g/mol. The molecule has 0 radical (unpaired) electrons.